The van der Waals surface area contributed by atoms with Crippen LogP contribution in [-0.2, 0) is 11.3 Å². The number of halogens is 1. The van der Waals surface area contributed by atoms with Gasteiger partial charge in [-0.15, -0.1) is 0 Å². The largest absolute Gasteiger partial charge is 0.493 e. The number of ether oxygens (including phenoxy) is 1. The van der Waals surface area contributed by atoms with Gasteiger partial charge in [-0.25, -0.2) is 0 Å². The lowest BCUT2D eigenvalue weighted by Gasteiger charge is -2.56. The van der Waals surface area contributed by atoms with E-state index < -0.39 is 0 Å². The van der Waals surface area contributed by atoms with Crippen LogP contribution in [0.4, 0.5) is 5.69 Å². The van der Waals surface area contributed by atoms with E-state index in [9.17, 15) is 4.79 Å². The van der Waals surface area contributed by atoms with Gasteiger partial charge in [0.25, 0.3) is 0 Å². The summed E-state index contributed by atoms with van der Waals surface area (Å²) in [7, 11) is 0. The molecule has 0 bridgehead atoms. The van der Waals surface area contributed by atoms with Gasteiger partial charge in [0.05, 0.1) is 24.4 Å². The zero-order valence-electron chi connectivity index (χ0n) is 17.7. The van der Waals surface area contributed by atoms with Crippen molar-refractivity contribution < 1.29 is 9.53 Å². The molecule has 1 atom stereocenters. The Labute approximate surface area is 191 Å². The van der Waals surface area contributed by atoms with Gasteiger partial charge < -0.3 is 15.4 Å². The van der Waals surface area contributed by atoms with Gasteiger partial charge in [-0.2, -0.15) is 0 Å². The van der Waals surface area contributed by atoms with Crippen molar-refractivity contribution in [2.45, 2.75) is 18.9 Å². The minimum Gasteiger partial charge on any atom is -0.493 e. The van der Waals surface area contributed by atoms with Crippen LogP contribution in [0.5, 0.6) is 5.75 Å². The Morgan fingerprint density at radius 1 is 1.22 bits per heavy atom. The van der Waals surface area contributed by atoms with Gasteiger partial charge in [-0.1, -0.05) is 23.7 Å². The van der Waals surface area contributed by atoms with Crippen LogP contribution in [0.2, 0.25) is 5.02 Å². The second-order valence-electron chi connectivity index (χ2n) is 9.35. The Morgan fingerprint density at radius 2 is 2.09 bits per heavy atom. The molecule has 2 fully saturated rings. The fourth-order valence-electron chi connectivity index (χ4n) is 5.24. The van der Waals surface area contributed by atoms with Gasteiger partial charge in [0, 0.05) is 65.7 Å². The first-order chi connectivity index (χ1) is 15.6. The minimum absolute atomic E-state index is 0.0568. The molecule has 6 rings (SSSR count). The number of rotatable bonds is 4. The van der Waals surface area contributed by atoms with Crippen LogP contribution in [0, 0.1) is 5.41 Å². The Hall–Kier alpha value is -2.67. The average Bonchev–Trinajstić information content (AvgIpc) is 2.74. The van der Waals surface area contributed by atoms with Crippen LogP contribution in [-0.4, -0.2) is 48.6 Å². The van der Waals surface area contributed by atoms with Crippen molar-refractivity contribution in [1.29, 1.82) is 0 Å². The molecule has 164 valence electrons. The smallest absolute Gasteiger partial charge is 0.232 e. The molecular formula is C25H25ClN4O2. The molecule has 1 aromatic heterocycles. The molecule has 3 aliphatic heterocycles. The molecule has 2 saturated heterocycles. The summed E-state index contributed by atoms with van der Waals surface area (Å²) in [5.41, 5.74) is 3.35. The molecule has 0 saturated carbocycles. The number of hydrogen-bond acceptors (Lipinski definition) is 5. The maximum absolute atomic E-state index is 13.3. The third-order valence-corrected chi connectivity index (χ3v) is 7.17. The molecule has 1 spiro atoms. The summed E-state index contributed by atoms with van der Waals surface area (Å²) in [6.45, 7) is 6.04. The molecule has 4 heterocycles. The van der Waals surface area contributed by atoms with Crippen molar-refractivity contribution in [3.05, 3.63) is 64.9 Å². The van der Waals surface area contributed by atoms with Crippen LogP contribution < -0.4 is 15.4 Å². The monoisotopic (exact) mass is 448 g/mol. The number of hydrogen-bond donors (Lipinski definition) is 2. The predicted molar refractivity (Wildman–Crippen MR) is 125 cm³/mol. The van der Waals surface area contributed by atoms with Crippen molar-refractivity contribution >= 4 is 34.0 Å². The number of likely N-dealkylation sites (tertiary alicyclic amines) is 1. The lowest BCUT2D eigenvalue weighted by molar-refractivity contribution is -0.118. The van der Waals surface area contributed by atoms with Crippen molar-refractivity contribution in [2.75, 3.05) is 38.1 Å². The zero-order chi connectivity index (χ0) is 21.7. The molecule has 1 amide bonds. The topological polar surface area (TPSA) is 66.5 Å². The van der Waals surface area contributed by atoms with Gasteiger partial charge in [0.15, 0.2) is 0 Å². The molecule has 3 aromatic rings. The average molecular weight is 449 g/mol. The maximum Gasteiger partial charge on any atom is 0.232 e. The number of nitrogens with one attached hydrogen (secondary N) is 2. The second-order valence-corrected chi connectivity index (χ2v) is 9.79. The van der Waals surface area contributed by atoms with E-state index in [1.54, 1.807) is 12.3 Å². The normalized spacial score (nSPS) is 21.3. The fourth-order valence-corrected chi connectivity index (χ4v) is 5.42. The van der Waals surface area contributed by atoms with E-state index in [1.807, 2.05) is 18.3 Å². The molecule has 7 heteroatoms. The van der Waals surface area contributed by atoms with Crippen LogP contribution in [0.1, 0.15) is 23.5 Å². The van der Waals surface area contributed by atoms with E-state index >= 15 is 0 Å². The number of carbonyl (C=O) groups is 1. The summed E-state index contributed by atoms with van der Waals surface area (Å²) in [6, 6.07) is 11.9. The molecule has 32 heavy (non-hydrogen) atoms. The molecule has 2 aromatic carbocycles. The van der Waals surface area contributed by atoms with E-state index in [1.165, 1.54) is 5.56 Å². The highest BCUT2D eigenvalue weighted by molar-refractivity contribution is 6.30. The number of aromatic nitrogens is 1. The highest BCUT2D eigenvalue weighted by Crippen LogP contribution is 2.37. The number of anilines is 1. The Morgan fingerprint density at radius 3 is 2.91 bits per heavy atom. The van der Waals surface area contributed by atoms with Crippen LogP contribution >= 0.6 is 11.6 Å². The molecule has 1 unspecified atom stereocenters. The molecular weight excluding hydrogens is 424 g/mol. The standard InChI is InChI=1S/C25H25ClN4O2/c26-18-3-4-23-21(8-18)19(5-6-32-23)24(31)29-22-10-27-9-17-2-1-16(7-20(17)22)11-30-14-25(15-30)12-28-13-25/h1-4,7-10,19,28H,5-6,11-15H2,(H,29,31). The van der Waals surface area contributed by atoms with E-state index in [0.29, 0.717) is 23.5 Å². The van der Waals surface area contributed by atoms with Crippen LogP contribution in [0.3, 0.4) is 0 Å². The Kier molecular flexibility index (Phi) is 4.82. The summed E-state index contributed by atoms with van der Waals surface area (Å²) in [6.07, 6.45) is 4.20. The summed E-state index contributed by atoms with van der Waals surface area (Å²) < 4.78 is 5.72. The van der Waals surface area contributed by atoms with E-state index in [-0.39, 0.29) is 11.8 Å². The Balaban J connectivity index is 1.23. The fraction of sp³-hybridized carbons (Fsp3) is 0.360. The van der Waals surface area contributed by atoms with Crippen molar-refractivity contribution in [1.82, 2.24) is 15.2 Å². The van der Waals surface area contributed by atoms with Gasteiger partial charge in [0.2, 0.25) is 5.91 Å². The number of carbonyl (C=O) groups excluding carboxylic acids is 1. The summed E-state index contributed by atoms with van der Waals surface area (Å²) in [5, 5.41) is 9.16. The summed E-state index contributed by atoms with van der Waals surface area (Å²) in [5.74, 6) is 0.371. The zero-order valence-corrected chi connectivity index (χ0v) is 18.5. The minimum atomic E-state index is -0.302. The maximum atomic E-state index is 13.3. The number of nitrogens with zero attached hydrogens (tertiary/aromatic N) is 2. The van der Waals surface area contributed by atoms with Gasteiger partial charge in [0.1, 0.15) is 5.75 Å². The first-order valence-corrected chi connectivity index (χ1v) is 11.5. The highest BCUT2D eigenvalue weighted by Gasteiger charge is 2.47. The number of fused-ring (bicyclic) bond motifs is 2. The van der Waals surface area contributed by atoms with E-state index in [4.69, 9.17) is 16.3 Å². The third-order valence-electron chi connectivity index (χ3n) is 6.94. The highest BCUT2D eigenvalue weighted by atomic mass is 35.5. The van der Waals surface area contributed by atoms with E-state index in [0.717, 1.165) is 60.5 Å². The second kappa shape index (κ2) is 7.73. The van der Waals surface area contributed by atoms with Gasteiger partial charge in [-0.3, -0.25) is 14.7 Å². The molecule has 3 aliphatic rings. The summed E-state index contributed by atoms with van der Waals surface area (Å²) in [4.78, 5) is 20.1. The predicted octanol–water partition coefficient (Wildman–Crippen LogP) is 3.80. The number of benzene rings is 2. The van der Waals surface area contributed by atoms with Crippen molar-refractivity contribution in [2.24, 2.45) is 5.41 Å². The quantitative estimate of drug-likeness (QED) is 0.635. The lowest BCUT2D eigenvalue weighted by Crippen LogP contribution is -2.70. The van der Waals surface area contributed by atoms with Crippen molar-refractivity contribution in [3.8, 4) is 5.75 Å². The Bertz CT molecular complexity index is 1200. The van der Waals surface area contributed by atoms with Gasteiger partial charge in [-0.05, 0) is 36.2 Å². The number of pyridine rings is 1. The molecule has 2 N–H and O–H groups in total. The third kappa shape index (κ3) is 3.52. The lowest BCUT2D eigenvalue weighted by atomic mass is 9.74. The SMILES string of the molecule is O=C(Nc1cncc2ccc(CN3CC4(CNC4)C3)cc12)C1CCOc2ccc(Cl)cc21. The van der Waals surface area contributed by atoms with Gasteiger partial charge >= 0.3 is 0 Å². The van der Waals surface area contributed by atoms with Crippen LogP contribution in [0.15, 0.2) is 48.8 Å². The molecule has 6 nitrogen and oxygen atoms in total. The van der Waals surface area contributed by atoms with Crippen LogP contribution in [0.25, 0.3) is 10.8 Å². The number of amides is 1. The first-order valence-electron chi connectivity index (χ1n) is 11.1. The van der Waals surface area contributed by atoms with E-state index in [2.05, 4.69) is 38.7 Å². The first kappa shape index (κ1) is 20.0. The summed E-state index contributed by atoms with van der Waals surface area (Å²) >= 11 is 6.19. The van der Waals surface area contributed by atoms with Crippen molar-refractivity contribution in [3.63, 3.8) is 0 Å². The molecule has 0 aliphatic carbocycles. The molecule has 0 radical (unpaired) electrons.